The fourth-order valence-electron chi connectivity index (χ4n) is 2.02. The first-order valence-corrected chi connectivity index (χ1v) is 6.94. The third kappa shape index (κ3) is 3.21. The van der Waals surface area contributed by atoms with E-state index in [4.69, 9.17) is 0 Å². The summed E-state index contributed by atoms with van der Waals surface area (Å²) in [4.78, 5) is 4.45. The molecule has 18 heavy (non-hydrogen) atoms. The minimum atomic E-state index is 0.259. The molecule has 96 valence electrons. The number of nitrogens with zero attached hydrogens (tertiary/aromatic N) is 2. The largest absolute Gasteiger partial charge is 0.340 e. The number of aromatic nitrogens is 2. The molecule has 0 aliphatic carbocycles. The van der Waals surface area contributed by atoms with Crippen LogP contribution in [0.2, 0.25) is 0 Å². The van der Waals surface area contributed by atoms with Gasteiger partial charge in [0, 0.05) is 17.7 Å². The molecule has 0 saturated carbocycles. The van der Waals surface area contributed by atoms with E-state index in [2.05, 4.69) is 57.6 Å². The lowest BCUT2D eigenvalue weighted by molar-refractivity contribution is 0.537. The normalized spacial score (nSPS) is 12.6. The van der Waals surface area contributed by atoms with E-state index in [-0.39, 0.29) is 6.04 Å². The van der Waals surface area contributed by atoms with Gasteiger partial charge in [0.05, 0.1) is 18.1 Å². The third-order valence-corrected chi connectivity index (χ3v) is 3.69. The molecule has 2 rings (SSSR count). The van der Waals surface area contributed by atoms with Crippen molar-refractivity contribution in [2.45, 2.75) is 19.4 Å². The van der Waals surface area contributed by atoms with E-state index in [0.29, 0.717) is 0 Å². The van der Waals surface area contributed by atoms with Crippen LogP contribution in [-0.4, -0.2) is 16.1 Å². The van der Waals surface area contributed by atoms with Crippen molar-refractivity contribution in [1.82, 2.24) is 14.9 Å². The van der Waals surface area contributed by atoms with Gasteiger partial charge in [0.1, 0.15) is 0 Å². The molecular weight excluding hydrogens is 290 g/mol. The fourth-order valence-corrected chi connectivity index (χ4v) is 2.47. The minimum absolute atomic E-state index is 0.259. The summed E-state index contributed by atoms with van der Waals surface area (Å²) in [6.07, 6.45) is 4.86. The van der Waals surface area contributed by atoms with Gasteiger partial charge in [0.2, 0.25) is 0 Å². The Labute approximate surface area is 116 Å². The van der Waals surface area contributed by atoms with Crippen LogP contribution in [0.25, 0.3) is 0 Å². The van der Waals surface area contributed by atoms with Crippen molar-refractivity contribution in [3.05, 3.63) is 52.5 Å². The van der Waals surface area contributed by atoms with Crippen LogP contribution in [0, 0.1) is 0 Å². The molecule has 3 nitrogen and oxygen atoms in total. The van der Waals surface area contributed by atoms with E-state index >= 15 is 0 Å². The first-order valence-electron chi connectivity index (χ1n) is 6.15. The van der Waals surface area contributed by atoms with E-state index in [1.807, 2.05) is 24.0 Å². The van der Waals surface area contributed by atoms with Crippen molar-refractivity contribution in [3.63, 3.8) is 0 Å². The average Bonchev–Trinajstić information content (AvgIpc) is 2.78. The van der Waals surface area contributed by atoms with Crippen molar-refractivity contribution >= 4 is 15.9 Å². The number of hydrogen-bond donors (Lipinski definition) is 1. The molecule has 0 bridgehead atoms. The topological polar surface area (TPSA) is 29.9 Å². The Morgan fingerprint density at radius 1 is 1.39 bits per heavy atom. The highest BCUT2D eigenvalue weighted by Crippen LogP contribution is 2.22. The fraction of sp³-hybridized carbons (Fsp3) is 0.357. The van der Waals surface area contributed by atoms with Crippen LogP contribution in [-0.2, 0) is 13.5 Å². The zero-order chi connectivity index (χ0) is 13.0. The van der Waals surface area contributed by atoms with Gasteiger partial charge in [-0.2, -0.15) is 0 Å². The standard InChI is InChI=1S/C14H18BrN3/c1-3-16-13(14-9-18(2)10-17-14)8-11-6-4-5-7-12(11)15/h4-7,9-10,13,16H,3,8H2,1-2H3. The number of benzene rings is 1. The number of imidazole rings is 1. The number of aryl methyl sites for hydroxylation is 1. The molecule has 0 amide bonds. The summed E-state index contributed by atoms with van der Waals surface area (Å²) in [5, 5.41) is 3.49. The van der Waals surface area contributed by atoms with E-state index in [1.54, 1.807) is 0 Å². The Kier molecular flexibility index (Phi) is 4.55. The first kappa shape index (κ1) is 13.3. The van der Waals surface area contributed by atoms with Crippen LogP contribution in [0.3, 0.4) is 0 Å². The highest BCUT2D eigenvalue weighted by Gasteiger charge is 2.14. The summed E-state index contributed by atoms with van der Waals surface area (Å²) < 4.78 is 3.14. The van der Waals surface area contributed by atoms with Gasteiger partial charge >= 0.3 is 0 Å². The number of likely N-dealkylation sites (N-methyl/N-ethyl adjacent to an activating group) is 1. The Morgan fingerprint density at radius 2 is 2.17 bits per heavy atom. The summed E-state index contributed by atoms with van der Waals surface area (Å²) in [6.45, 7) is 3.06. The summed E-state index contributed by atoms with van der Waals surface area (Å²) in [6, 6.07) is 8.60. The zero-order valence-electron chi connectivity index (χ0n) is 10.7. The predicted molar refractivity (Wildman–Crippen MR) is 77.5 cm³/mol. The highest BCUT2D eigenvalue weighted by molar-refractivity contribution is 9.10. The lowest BCUT2D eigenvalue weighted by Crippen LogP contribution is -2.23. The second-order valence-corrected chi connectivity index (χ2v) is 5.22. The van der Waals surface area contributed by atoms with Crippen LogP contribution in [0.5, 0.6) is 0 Å². The molecule has 0 spiro atoms. The van der Waals surface area contributed by atoms with Gasteiger partial charge in [-0.1, -0.05) is 41.1 Å². The summed E-state index contributed by atoms with van der Waals surface area (Å²) >= 11 is 3.60. The van der Waals surface area contributed by atoms with Crippen molar-refractivity contribution < 1.29 is 0 Å². The Bertz CT molecular complexity index is 507. The smallest absolute Gasteiger partial charge is 0.0947 e. The Balaban J connectivity index is 2.19. The predicted octanol–water partition coefficient (Wildman–Crippen LogP) is 3.08. The lowest BCUT2D eigenvalue weighted by Gasteiger charge is -2.16. The van der Waals surface area contributed by atoms with Crippen LogP contribution < -0.4 is 5.32 Å². The number of nitrogens with one attached hydrogen (secondary N) is 1. The van der Waals surface area contributed by atoms with Gasteiger partial charge in [-0.25, -0.2) is 4.98 Å². The van der Waals surface area contributed by atoms with E-state index in [1.165, 1.54) is 5.56 Å². The summed E-state index contributed by atoms with van der Waals surface area (Å²) in [7, 11) is 2.00. The maximum Gasteiger partial charge on any atom is 0.0947 e. The van der Waals surface area contributed by atoms with Crippen molar-refractivity contribution in [3.8, 4) is 0 Å². The SMILES string of the molecule is CCNC(Cc1ccccc1Br)c1cn(C)cn1. The van der Waals surface area contributed by atoms with Crippen LogP contribution >= 0.6 is 15.9 Å². The molecule has 1 atom stereocenters. The zero-order valence-corrected chi connectivity index (χ0v) is 12.3. The van der Waals surface area contributed by atoms with Crippen molar-refractivity contribution in [2.75, 3.05) is 6.54 Å². The highest BCUT2D eigenvalue weighted by atomic mass is 79.9. The van der Waals surface area contributed by atoms with Gasteiger partial charge < -0.3 is 9.88 Å². The summed E-state index contributed by atoms with van der Waals surface area (Å²) in [5.74, 6) is 0. The Hall–Kier alpha value is -1.13. The van der Waals surface area contributed by atoms with Crippen molar-refractivity contribution in [1.29, 1.82) is 0 Å². The van der Waals surface area contributed by atoms with Crippen LogP contribution in [0.4, 0.5) is 0 Å². The third-order valence-electron chi connectivity index (χ3n) is 2.91. The second kappa shape index (κ2) is 6.16. The number of rotatable bonds is 5. The molecule has 1 N–H and O–H groups in total. The van der Waals surface area contributed by atoms with Crippen LogP contribution in [0.1, 0.15) is 24.2 Å². The molecule has 2 aromatic rings. The Morgan fingerprint density at radius 3 is 2.78 bits per heavy atom. The second-order valence-electron chi connectivity index (χ2n) is 4.37. The first-order chi connectivity index (χ1) is 8.70. The monoisotopic (exact) mass is 307 g/mol. The van der Waals surface area contributed by atoms with E-state index in [0.717, 1.165) is 23.1 Å². The molecule has 1 unspecified atom stereocenters. The maximum atomic E-state index is 4.45. The molecule has 1 aromatic carbocycles. The van der Waals surface area contributed by atoms with Gasteiger partial charge in [0.15, 0.2) is 0 Å². The van der Waals surface area contributed by atoms with Gasteiger partial charge in [0.25, 0.3) is 0 Å². The molecule has 0 aliphatic heterocycles. The molecule has 0 radical (unpaired) electrons. The minimum Gasteiger partial charge on any atom is -0.340 e. The number of hydrogen-bond acceptors (Lipinski definition) is 2. The van der Waals surface area contributed by atoms with Crippen LogP contribution in [0.15, 0.2) is 41.3 Å². The van der Waals surface area contributed by atoms with Gasteiger partial charge in [-0.3, -0.25) is 0 Å². The van der Waals surface area contributed by atoms with Gasteiger partial charge in [-0.15, -0.1) is 0 Å². The summed E-state index contributed by atoms with van der Waals surface area (Å²) in [5.41, 5.74) is 2.39. The molecule has 1 aromatic heterocycles. The molecule has 0 fully saturated rings. The lowest BCUT2D eigenvalue weighted by atomic mass is 10.0. The maximum absolute atomic E-state index is 4.45. The average molecular weight is 308 g/mol. The molecule has 0 aliphatic rings. The quantitative estimate of drug-likeness (QED) is 0.920. The molecule has 0 saturated heterocycles. The molecule has 4 heteroatoms. The molecular formula is C14H18BrN3. The number of halogens is 1. The van der Waals surface area contributed by atoms with E-state index < -0.39 is 0 Å². The van der Waals surface area contributed by atoms with E-state index in [9.17, 15) is 0 Å². The molecule has 1 heterocycles. The van der Waals surface area contributed by atoms with Gasteiger partial charge in [-0.05, 0) is 24.6 Å². The van der Waals surface area contributed by atoms with Crippen molar-refractivity contribution in [2.24, 2.45) is 7.05 Å².